The second kappa shape index (κ2) is 8.48. The fourth-order valence-electron chi connectivity index (χ4n) is 0.948. The van der Waals surface area contributed by atoms with Crippen LogP contribution in [0.15, 0.2) is 0 Å². The molecule has 0 heterocycles. The van der Waals surface area contributed by atoms with Gasteiger partial charge in [0.05, 0.1) is 6.10 Å². The highest BCUT2D eigenvalue weighted by Gasteiger charge is 1.97. The molecule has 0 saturated carbocycles. The monoisotopic (exact) mass is 188 g/mol. The highest BCUT2D eigenvalue weighted by molar-refractivity contribution is 4.61. The van der Waals surface area contributed by atoms with Gasteiger partial charge in [0.15, 0.2) is 0 Å². The molecule has 0 aliphatic heterocycles. The van der Waals surface area contributed by atoms with E-state index >= 15 is 0 Å². The Labute approximate surface area is 82.0 Å². The van der Waals surface area contributed by atoms with Crippen molar-refractivity contribution in [1.29, 1.82) is 0 Å². The van der Waals surface area contributed by atoms with Crippen molar-refractivity contribution in [3.8, 4) is 0 Å². The molecule has 0 aromatic heterocycles. The van der Waals surface area contributed by atoms with E-state index in [9.17, 15) is 0 Å². The maximum absolute atomic E-state index is 5.74. The quantitative estimate of drug-likeness (QED) is 0.561. The summed E-state index contributed by atoms with van der Waals surface area (Å²) in [6.07, 6.45) is 2.45. The van der Waals surface area contributed by atoms with Crippen LogP contribution in [0.2, 0.25) is 0 Å². The van der Waals surface area contributed by atoms with E-state index in [1.54, 1.807) is 0 Å². The van der Waals surface area contributed by atoms with Crippen molar-refractivity contribution >= 4 is 0 Å². The third kappa shape index (κ3) is 9.80. The first-order valence-corrected chi connectivity index (χ1v) is 5.24. The normalized spacial score (nSPS) is 13.6. The van der Waals surface area contributed by atoms with Crippen molar-refractivity contribution in [2.24, 2.45) is 5.73 Å². The number of rotatable bonds is 8. The molecule has 0 amide bonds. The van der Waals surface area contributed by atoms with Crippen LogP contribution in [-0.4, -0.2) is 31.8 Å². The Kier molecular flexibility index (Phi) is 8.40. The molecule has 3 nitrogen and oxygen atoms in total. The topological polar surface area (TPSA) is 47.3 Å². The Morgan fingerprint density at radius 1 is 1.38 bits per heavy atom. The predicted molar refractivity (Wildman–Crippen MR) is 56.8 cm³/mol. The fraction of sp³-hybridized carbons (Fsp3) is 1.00. The summed E-state index contributed by atoms with van der Waals surface area (Å²) in [6.45, 7) is 8.97. The number of ether oxygens (including phenoxy) is 1. The lowest BCUT2D eigenvalue weighted by Gasteiger charge is -2.11. The standard InChI is InChI=1S/C10H24N2O/c1-4-10(11)8-12-6-5-7-13-9(2)3/h9-10,12H,4-8,11H2,1-3H3. The number of hydrogen-bond donors (Lipinski definition) is 2. The molecule has 0 saturated heterocycles. The highest BCUT2D eigenvalue weighted by Crippen LogP contribution is 1.89. The van der Waals surface area contributed by atoms with Gasteiger partial charge in [-0.3, -0.25) is 0 Å². The minimum atomic E-state index is 0.297. The van der Waals surface area contributed by atoms with Crippen LogP contribution in [0, 0.1) is 0 Å². The van der Waals surface area contributed by atoms with E-state index in [0.717, 1.165) is 32.5 Å². The van der Waals surface area contributed by atoms with Crippen molar-refractivity contribution in [2.45, 2.75) is 45.8 Å². The molecule has 0 aromatic rings. The molecular weight excluding hydrogens is 164 g/mol. The summed E-state index contributed by atoms with van der Waals surface area (Å²) in [5, 5.41) is 3.30. The van der Waals surface area contributed by atoms with E-state index in [0.29, 0.717) is 12.1 Å². The number of hydrogen-bond acceptors (Lipinski definition) is 3. The van der Waals surface area contributed by atoms with E-state index in [1.807, 2.05) is 0 Å². The van der Waals surface area contributed by atoms with Crippen LogP contribution in [0.5, 0.6) is 0 Å². The molecule has 13 heavy (non-hydrogen) atoms. The van der Waals surface area contributed by atoms with Gasteiger partial charge in [0.1, 0.15) is 0 Å². The molecule has 3 N–H and O–H groups in total. The van der Waals surface area contributed by atoms with Crippen LogP contribution in [0.25, 0.3) is 0 Å². The van der Waals surface area contributed by atoms with E-state index in [2.05, 4.69) is 26.1 Å². The van der Waals surface area contributed by atoms with Crippen LogP contribution in [0.3, 0.4) is 0 Å². The lowest BCUT2D eigenvalue weighted by molar-refractivity contribution is 0.0770. The van der Waals surface area contributed by atoms with E-state index in [1.165, 1.54) is 0 Å². The third-order valence-corrected chi connectivity index (χ3v) is 1.88. The van der Waals surface area contributed by atoms with Gasteiger partial charge in [-0.1, -0.05) is 6.92 Å². The molecular formula is C10H24N2O. The van der Waals surface area contributed by atoms with Crippen molar-refractivity contribution in [3.63, 3.8) is 0 Å². The van der Waals surface area contributed by atoms with Gasteiger partial charge in [-0.25, -0.2) is 0 Å². The first kappa shape index (κ1) is 12.9. The fourth-order valence-corrected chi connectivity index (χ4v) is 0.948. The summed E-state index contributed by atoms with van der Waals surface area (Å²) >= 11 is 0. The molecule has 0 aliphatic rings. The van der Waals surface area contributed by atoms with Gasteiger partial charge in [0, 0.05) is 19.2 Å². The van der Waals surface area contributed by atoms with E-state index in [4.69, 9.17) is 10.5 Å². The summed E-state index contributed by atoms with van der Waals surface area (Å²) in [5.41, 5.74) is 5.74. The Morgan fingerprint density at radius 3 is 2.62 bits per heavy atom. The predicted octanol–water partition coefficient (Wildman–Crippen LogP) is 1.13. The van der Waals surface area contributed by atoms with Gasteiger partial charge in [-0.15, -0.1) is 0 Å². The number of nitrogens with two attached hydrogens (primary N) is 1. The molecule has 0 aliphatic carbocycles. The highest BCUT2D eigenvalue weighted by atomic mass is 16.5. The van der Waals surface area contributed by atoms with Crippen molar-refractivity contribution in [1.82, 2.24) is 5.32 Å². The summed E-state index contributed by atoms with van der Waals surface area (Å²) in [7, 11) is 0. The van der Waals surface area contributed by atoms with Crippen LogP contribution in [0.4, 0.5) is 0 Å². The smallest absolute Gasteiger partial charge is 0.0518 e. The molecule has 0 rings (SSSR count). The molecule has 0 aromatic carbocycles. The SMILES string of the molecule is CCC(N)CNCCCOC(C)C. The first-order valence-electron chi connectivity index (χ1n) is 5.24. The summed E-state index contributed by atoms with van der Waals surface area (Å²) in [6, 6.07) is 0.297. The Balaban J connectivity index is 2.99. The maximum atomic E-state index is 5.74. The van der Waals surface area contributed by atoms with Crippen molar-refractivity contribution in [2.75, 3.05) is 19.7 Å². The van der Waals surface area contributed by atoms with Crippen LogP contribution in [0.1, 0.15) is 33.6 Å². The lowest BCUT2D eigenvalue weighted by Crippen LogP contribution is -2.33. The van der Waals surface area contributed by atoms with Gasteiger partial charge in [0.2, 0.25) is 0 Å². The van der Waals surface area contributed by atoms with Gasteiger partial charge < -0.3 is 15.8 Å². The summed E-state index contributed by atoms with van der Waals surface area (Å²) in [4.78, 5) is 0. The lowest BCUT2D eigenvalue weighted by atomic mass is 10.2. The van der Waals surface area contributed by atoms with Gasteiger partial charge in [-0.2, -0.15) is 0 Å². The summed E-state index contributed by atoms with van der Waals surface area (Å²) in [5.74, 6) is 0. The molecule has 1 atom stereocenters. The van der Waals surface area contributed by atoms with E-state index < -0.39 is 0 Å². The zero-order chi connectivity index (χ0) is 10.1. The summed E-state index contributed by atoms with van der Waals surface area (Å²) < 4.78 is 5.40. The molecule has 0 radical (unpaired) electrons. The minimum absolute atomic E-state index is 0.297. The first-order chi connectivity index (χ1) is 6.16. The van der Waals surface area contributed by atoms with Crippen LogP contribution < -0.4 is 11.1 Å². The molecule has 0 bridgehead atoms. The maximum Gasteiger partial charge on any atom is 0.0518 e. The molecule has 1 unspecified atom stereocenters. The van der Waals surface area contributed by atoms with Crippen molar-refractivity contribution in [3.05, 3.63) is 0 Å². The van der Waals surface area contributed by atoms with Gasteiger partial charge in [0.25, 0.3) is 0 Å². The van der Waals surface area contributed by atoms with Crippen LogP contribution in [-0.2, 0) is 4.74 Å². The Morgan fingerprint density at radius 2 is 2.08 bits per heavy atom. The second-order valence-electron chi connectivity index (χ2n) is 3.65. The number of nitrogens with one attached hydrogen (secondary N) is 1. The van der Waals surface area contributed by atoms with Gasteiger partial charge in [-0.05, 0) is 33.2 Å². The second-order valence-corrected chi connectivity index (χ2v) is 3.65. The third-order valence-electron chi connectivity index (χ3n) is 1.88. The average molecular weight is 188 g/mol. The Bertz CT molecular complexity index is 107. The zero-order valence-electron chi connectivity index (χ0n) is 9.18. The zero-order valence-corrected chi connectivity index (χ0v) is 9.18. The molecule has 3 heteroatoms. The largest absolute Gasteiger partial charge is 0.379 e. The Hall–Kier alpha value is -0.120. The van der Waals surface area contributed by atoms with Crippen molar-refractivity contribution < 1.29 is 4.74 Å². The minimum Gasteiger partial charge on any atom is -0.379 e. The van der Waals surface area contributed by atoms with E-state index in [-0.39, 0.29) is 0 Å². The van der Waals surface area contributed by atoms with Gasteiger partial charge >= 0.3 is 0 Å². The average Bonchev–Trinajstić information content (AvgIpc) is 2.10. The van der Waals surface area contributed by atoms with Crippen LogP contribution >= 0.6 is 0 Å². The molecule has 80 valence electrons. The molecule has 0 spiro atoms. The molecule has 0 fully saturated rings.